The number of ether oxygens (including phenoxy) is 2. The van der Waals surface area contributed by atoms with Crippen molar-refractivity contribution < 1.29 is 19.1 Å². The molecule has 16 heavy (non-hydrogen) atoms. The van der Waals surface area contributed by atoms with Crippen LogP contribution in [0.15, 0.2) is 21.9 Å². The zero-order valence-corrected chi connectivity index (χ0v) is 8.18. The molecule has 2 bridgehead atoms. The SMILES string of the molecule is C.CC(=O)OC1(OC(C)=O)C2=CN=C1C=N2. The number of esters is 2. The first-order valence-electron chi connectivity index (χ1n) is 4.27. The van der Waals surface area contributed by atoms with Crippen molar-refractivity contribution in [1.29, 1.82) is 0 Å². The smallest absolute Gasteiger partial charge is 0.347 e. The van der Waals surface area contributed by atoms with Crippen molar-refractivity contribution in [2.45, 2.75) is 27.1 Å². The Balaban J connectivity index is 0.00000128. The minimum atomic E-state index is -1.54. The van der Waals surface area contributed by atoms with Gasteiger partial charge in [0.2, 0.25) is 0 Å². The number of hydrogen-bond acceptors (Lipinski definition) is 6. The molecule has 0 aromatic heterocycles. The Labute approximate surface area is 92.7 Å². The van der Waals surface area contributed by atoms with Crippen LogP contribution < -0.4 is 0 Å². The molecule has 0 spiro atoms. The summed E-state index contributed by atoms with van der Waals surface area (Å²) in [7, 11) is 0. The Morgan fingerprint density at radius 1 is 1.25 bits per heavy atom. The van der Waals surface area contributed by atoms with Crippen LogP contribution in [0, 0.1) is 0 Å². The molecule has 0 N–H and O–H groups in total. The molecular weight excluding hydrogens is 212 g/mol. The highest BCUT2D eigenvalue weighted by Gasteiger charge is 2.52. The maximum Gasteiger partial charge on any atom is 0.347 e. The third-order valence-electron chi connectivity index (χ3n) is 1.90. The van der Waals surface area contributed by atoms with Gasteiger partial charge in [-0.1, -0.05) is 7.43 Å². The normalized spacial score (nSPS) is 18.4. The van der Waals surface area contributed by atoms with Gasteiger partial charge in [0.25, 0.3) is 0 Å². The fourth-order valence-electron chi connectivity index (χ4n) is 1.43. The molecule has 86 valence electrons. The molecule has 6 nitrogen and oxygen atoms in total. The summed E-state index contributed by atoms with van der Waals surface area (Å²) in [5.74, 6) is -2.68. The zero-order valence-electron chi connectivity index (χ0n) is 8.18. The van der Waals surface area contributed by atoms with Crippen molar-refractivity contribution in [1.82, 2.24) is 0 Å². The summed E-state index contributed by atoms with van der Waals surface area (Å²) in [5.41, 5.74) is 0.616. The maximum atomic E-state index is 11.0. The van der Waals surface area contributed by atoms with Crippen LogP contribution in [0.5, 0.6) is 0 Å². The number of nitrogens with zero attached hydrogens (tertiary/aromatic N) is 2. The summed E-state index contributed by atoms with van der Waals surface area (Å²) >= 11 is 0. The van der Waals surface area contributed by atoms with Crippen molar-refractivity contribution in [3.8, 4) is 0 Å². The van der Waals surface area contributed by atoms with E-state index in [2.05, 4.69) is 9.98 Å². The molecule has 0 fully saturated rings. The van der Waals surface area contributed by atoms with Gasteiger partial charge in [0, 0.05) is 13.8 Å². The minimum absolute atomic E-state index is 0. The lowest BCUT2D eigenvalue weighted by Gasteiger charge is -2.25. The highest BCUT2D eigenvalue weighted by molar-refractivity contribution is 6.39. The molecule has 0 atom stereocenters. The number of carbonyl (C=O) groups is 2. The Hall–Kier alpha value is -1.98. The standard InChI is InChI=1S/C9H8N2O4.CH4/c1-5(12)14-9(15-6(2)13)7-3-10-8(9)4-11-7;/h3-4H,1-2H3;1H4. The fourth-order valence-corrected chi connectivity index (χ4v) is 1.43. The van der Waals surface area contributed by atoms with Crippen LogP contribution in [0.1, 0.15) is 21.3 Å². The van der Waals surface area contributed by atoms with Crippen molar-refractivity contribution in [3.05, 3.63) is 11.9 Å². The number of aliphatic imine (C=N–C) groups is 2. The molecule has 2 aliphatic rings. The molecule has 0 aliphatic carbocycles. The second kappa shape index (κ2) is 3.88. The van der Waals surface area contributed by atoms with E-state index in [1.165, 1.54) is 26.3 Å². The first kappa shape index (κ1) is 12.1. The van der Waals surface area contributed by atoms with Crippen molar-refractivity contribution in [3.63, 3.8) is 0 Å². The lowest BCUT2D eigenvalue weighted by molar-refractivity contribution is -0.190. The molecular formula is C10H12N2O4. The second-order valence-corrected chi connectivity index (χ2v) is 3.09. The molecule has 0 aromatic carbocycles. The van der Waals surface area contributed by atoms with Gasteiger partial charge in [0.15, 0.2) is 0 Å². The van der Waals surface area contributed by atoms with Crippen LogP contribution in [-0.2, 0) is 19.1 Å². The van der Waals surface area contributed by atoms with Gasteiger partial charge < -0.3 is 9.47 Å². The molecule has 0 aromatic rings. The molecule has 0 saturated heterocycles. The predicted octanol–water partition coefficient (Wildman–Crippen LogP) is 0.825. The van der Waals surface area contributed by atoms with Crippen molar-refractivity contribution >= 4 is 23.9 Å². The van der Waals surface area contributed by atoms with E-state index in [1.54, 1.807) is 0 Å². The van der Waals surface area contributed by atoms with E-state index < -0.39 is 17.7 Å². The molecule has 2 heterocycles. The van der Waals surface area contributed by atoms with E-state index in [0.29, 0.717) is 11.4 Å². The zero-order chi connectivity index (χ0) is 11.1. The van der Waals surface area contributed by atoms with Gasteiger partial charge in [-0.3, -0.25) is 9.59 Å². The van der Waals surface area contributed by atoms with Crippen LogP contribution in [0.3, 0.4) is 0 Å². The van der Waals surface area contributed by atoms with Gasteiger partial charge in [-0.2, -0.15) is 0 Å². The largest absolute Gasteiger partial charge is 0.411 e. The Bertz CT molecular complexity index is 394. The van der Waals surface area contributed by atoms with E-state index in [9.17, 15) is 9.59 Å². The average Bonchev–Trinajstić information content (AvgIpc) is 2.58. The molecule has 2 aliphatic heterocycles. The summed E-state index contributed by atoms with van der Waals surface area (Å²) < 4.78 is 9.98. The van der Waals surface area contributed by atoms with Crippen LogP contribution >= 0.6 is 0 Å². The second-order valence-electron chi connectivity index (χ2n) is 3.09. The van der Waals surface area contributed by atoms with E-state index in [-0.39, 0.29) is 7.43 Å². The molecule has 0 radical (unpaired) electrons. The average molecular weight is 224 g/mol. The van der Waals surface area contributed by atoms with Gasteiger partial charge in [-0.15, -0.1) is 0 Å². The molecule has 6 heteroatoms. The van der Waals surface area contributed by atoms with Gasteiger partial charge in [-0.05, 0) is 0 Å². The summed E-state index contributed by atoms with van der Waals surface area (Å²) in [6, 6.07) is 0. The number of carbonyl (C=O) groups excluding carboxylic acids is 2. The molecule has 0 unspecified atom stereocenters. The summed E-state index contributed by atoms with van der Waals surface area (Å²) in [4.78, 5) is 29.7. The van der Waals surface area contributed by atoms with Crippen molar-refractivity contribution in [2.24, 2.45) is 9.98 Å². The van der Waals surface area contributed by atoms with Crippen LogP contribution in [0.4, 0.5) is 0 Å². The van der Waals surface area contributed by atoms with Gasteiger partial charge in [0.05, 0.1) is 12.4 Å². The number of hydrogen-bond donors (Lipinski definition) is 0. The van der Waals surface area contributed by atoms with Gasteiger partial charge in [0.1, 0.15) is 11.4 Å². The summed E-state index contributed by atoms with van der Waals surface area (Å²) in [5, 5.41) is 0. The third-order valence-corrected chi connectivity index (χ3v) is 1.90. The van der Waals surface area contributed by atoms with Crippen molar-refractivity contribution in [2.75, 3.05) is 0 Å². The van der Waals surface area contributed by atoms with Gasteiger partial charge in [-0.25, -0.2) is 9.98 Å². The fraction of sp³-hybridized carbons (Fsp3) is 0.400. The van der Waals surface area contributed by atoms with Crippen LogP contribution in [0.25, 0.3) is 0 Å². The third kappa shape index (κ3) is 1.62. The Kier molecular flexibility index (Phi) is 2.93. The number of fused-ring (bicyclic) bond motifs is 2. The Morgan fingerprint density at radius 2 is 1.81 bits per heavy atom. The molecule has 2 rings (SSSR count). The van der Waals surface area contributed by atoms with E-state index >= 15 is 0 Å². The maximum absolute atomic E-state index is 11.0. The Morgan fingerprint density at radius 3 is 2.06 bits per heavy atom. The molecule has 0 amide bonds. The predicted molar refractivity (Wildman–Crippen MR) is 57.0 cm³/mol. The lowest BCUT2D eigenvalue weighted by Crippen LogP contribution is -2.44. The minimum Gasteiger partial charge on any atom is -0.411 e. The summed E-state index contributed by atoms with van der Waals surface area (Å²) in [6.45, 7) is 2.45. The monoisotopic (exact) mass is 224 g/mol. The van der Waals surface area contributed by atoms with E-state index in [0.717, 1.165) is 0 Å². The summed E-state index contributed by atoms with van der Waals surface area (Å²) in [6.07, 6.45) is 2.81. The number of rotatable bonds is 2. The topological polar surface area (TPSA) is 77.3 Å². The highest BCUT2D eigenvalue weighted by atomic mass is 16.7. The van der Waals surface area contributed by atoms with Crippen LogP contribution in [-0.4, -0.2) is 29.7 Å². The first-order valence-corrected chi connectivity index (χ1v) is 4.27. The first-order chi connectivity index (χ1) is 7.04. The van der Waals surface area contributed by atoms with Gasteiger partial charge >= 0.3 is 17.7 Å². The lowest BCUT2D eigenvalue weighted by atomic mass is 10.2. The van der Waals surface area contributed by atoms with Crippen LogP contribution in [0.2, 0.25) is 0 Å². The van der Waals surface area contributed by atoms with E-state index in [4.69, 9.17) is 9.47 Å². The van der Waals surface area contributed by atoms with E-state index in [1.807, 2.05) is 0 Å². The quantitative estimate of drug-likeness (QED) is 0.514. The molecule has 0 saturated carbocycles. The highest BCUT2D eigenvalue weighted by Crippen LogP contribution is 2.35.